The van der Waals surface area contributed by atoms with Crippen LogP contribution in [0.15, 0.2) is 42.5 Å². The van der Waals surface area contributed by atoms with Gasteiger partial charge < -0.3 is 16.0 Å². The molecule has 0 aliphatic heterocycles. The number of nitrogens with zero attached hydrogens (tertiary/aromatic N) is 1. The summed E-state index contributed by atoms with van der Waals surface area (Å²) in [5.41, 5.74) is 7.69. The van der Waals surface area contributed by atoms with E-state index in [0.29, 0.717) is 11.3 Å². The Morgan fingerprint density at radius 3 is 2.65 bits per heavy atom. The Labute approximate surface area is 117 Å². The third kappa shape index (κ3) is 3.06. The number of hydrogen-bond donors (Lipinski definition) is 2. The predicted octanol–water partition coefficient (Wildman–Crippen LogP) is 2.73. The van der Waals surface area contributed by atoms with Crippen LogP contribution in [-0.2, 0) is 0 Å². The number of nitrogens with one attached hydrogen (secondary N) is 1. The highest BCUT2D eigenvalue weighted by Gasteiger charge is 2.10. The van der Waals surface area contributed by atoms with Crippen LogP contribution >= 0.6 is 0 Å². The first-order valence-electron chi connectivity index (χ1n) is 6.11. The molecule has 104 valence electrons. The van der Waals surface area contributed by atoms with E-state index in [1.165, 1.54) is 18.2 Å². The second kappa shape index (κ2) is 5.61. The Morgan fingerprint density at radius 2 is 1.95 bits per heavy atom. The van der Waals surface area contributed by atoms with E-state index in [9.17, 15) is 9.18 Å². The second-order valence-corrected chi connectivity index (χ2v) is 4.63. The maximum absolute atomic E-state index is 13.2. The van der Waals surface area contributed by atoms with Gasteiger partial charge >= 0.3 is 0 Å². The molecule has 0 radical (unpaired) electrons. The van der Waals surface area contributed by atoms with E-state index in [-0.39, 0.29) is 11.6 Å². The summed E-state index contributed by atoms with van der Waals surface area (Å²) in [4.78, 5) is 14.0. The standard InChI is InChI=1S/C15H16FN3O/c1-19(2)12-5-3-4-10(8-12)15(20)18-14-9-11(16)6-7-13(14)17/h3-9H,17H2,1-2H3,(H,18,20). The molecule has 0 aliphatic carbocycles. The van der Waals surface area contributed by atoms with Crippen molar-refractivity contribution in [3.8, 4) is 0 Å². The first-order chi connectivity index (χ1) is 9.47. The van der Waals surface area contributed by atoms with Crippen LogP contribution in [-0.4, -0.2) is 20.0 Å². The molecule has 0 spiro atoms. The smallest absolute Gasteiger partial charge is 0.255 e. The van der Waals surface area contributed by atoms with Crippen LogP contribution < -0.4 is 16.0 Å². The van der Waals surface area contributed by atoms with Crippen molar-refractivity contribution in [2.24, 2.45) is 0 Å². The minimum Gasteiger partial charge on any atom is -0.397 e. The molecule has 0 bridgehead atoms. The topological polar surface area (TPSA) is 58.4 Å². The molecule has 2 rings (SSSR count). The van der Waals surface area contributed by atoms with Crippen LogP contribution in [0.4, 0.5) is 21.5 Å². The van der Waals surface area contributed by atoms with Gasteiger partial charge in [-0.2, -0.15) is 0 Å². The van der Waals surface area contributed by atoms with Crippen molar-refractivity contribution in [1.82, 2.24) is 0 Å². The molecule has 0 aliphatic rings. The van der Waals surface area contributed by atoms with Gasteiger partial charge in [0.05, 0.1) is 11.4 Å². The second-order valence-electron chi connectivity index (χ2n) is 4.63. The predicted molar refractivity (Wildman–Crippen MR) is 79.5 cm³/mol. The molecule has 0 heterocycles. The molecule has 0 saturated heterocycles. The van der Waals surface area contributed by atoms with Gasteiger partial charge in [-0.05, 0) is 36.4 Å². The molecule has 0 aromatic heterocycles. The molecule has 20 heavy (non-hydrogen) atoms. The first-order valence-corrected chi connectivity index (χ1v) is 6.11. The molecule has 0 saturated carbocycles. The van der Waals surface area contributed by atoms with Gasteiger partial charge in [-0.15, -0.1) is 0 Å². The summed E-state index contributed by atoms with van der Waals surface area (Å²) in [6.45, 7) is 0. The van der Waals surface area contributed by atoms with Crippen LogP contribution in [0, 0.1) is 5.82 Å². The Morgan fingerprint density at radius 1 is 1.20 bits per heavy atom. The summed E-state index contributed by atoms with van der Waals surface area (Å²) < 4.78 is 13.2. The fourth-order valence-electron chi connectivity index (χ4n) is 1.76. The van der Waals surface area contributed by atoms with Gasteiger partial charge in [0.25, 0.3) is 5.91 Å². The summed E-state index contributed by atoms with van der Waals surface area (Å²) in [6, 6.07) is 11.0. The number of nitrogens with two attached hydrogens (primary N) is 1. The highest BCUT2D eigenvalue weighted by atomic mass is 19.1. The average molecular weight is 273 g/mol. The summed E-state index contributed by atoms with van der Waals surface area (Å²) >= 11 is 0. The van der Waals surface area contributed by atoms with Crippen LogP contribution in [0.25, 0.3) is 0 Å². The Bertz CT molecular complexity index is 641. The Hall–Kier alpha value is -2.56. The Kier molecular flexibility index (Phi) is 3.89. The summed E-state index contributed by atoms with van der Waals surface area (Å²) in [5, 5.41) is 2.61. The third-order valence-electron chi connectivity index (χ3n) is 2.89. The minimum absolute atomic E-state index is 0.269. The minimum atomic E-state index is -0.448. The number of benzene rings is 2. The van der Waals surface area contributed by atoms with Crippen molar-refractivity contribution in [2.45, 2.75) is 0 Å². The van der Waals surface area contributed by atoms with Crippen molar-refractivity contribution < 1.29 is 9.18 Å². The molecule has 4 nitrogen and oxygen atoms in total. The van der Waals surface area contributed by atoms with Crippen molar-refractivity contribution in [2.75, 3.05) is 30.0 Å². The van der Waals surface area contributed by atoms with E-state index in [0.717, 1.165) is 5.69 Å². The number of halogens is 1. The summed E-state index contributed by atoms with van der Waals surface area (Å²) in [7, 11) is 3.78. The number of carbonyl (C=O) groups is 1. The van der Waals surface area contributed by atoms with Gasteiger partial charge in [0.2, 0.25) is 0 Å². The van der Waals surface area contributed by atoms with Crippen LogP contribution in [0.2, 0.25) is 0 Å². The van der Waals surface area contributed by atoms with Crippen LogP contribution in [0.1, 0.15) is 10.4 Å². The van der Waals surface area contributed by atoms with Crippen molar-refractivity contribution in [3.63, 3.8) is 0 Å². The van der Waals surface area contributed by atoms with E-state index < -0.39 is 5.82 Å². The lowest BCUT2D eigenvalue weighted by Gasteiger charge is -2.14. The van der Waals surface area contributed by atoms with Gasteiger partial charge in [-0.25, -0.2) is 4.39 Å². The quantitative estimate of drug-likeness (QED) is 0.845. The van der Waals surface area contributed by atoms with Gasteiger partial charge in [-0.1, -0.05) is 6.07 Å². The summed E-state index contributed by atoms with van der Waals surface area (Å²) in [6.07, 6.45) is 0. The maximum Gasteiger partial charge on any atom is 0.255 e. The van der Waals surface area contributed by atoms with E-state index in [4.69, 9.17) is 5.73 Å². The zero-order chi connectivity index (χ0) is 14.7. The fraction of sp³-hybridized carbons (Fsp3) is 0.133. The molecule has 0 atom stereocenters. The largest absolute Gasteiger partial charge is 0.397 e. The van der Waals surface area contributed by atoms with Crippen LogP contribution in [0.5, 0.6) is 0 Å². The van der Waals surface area contributed by atoms with Gasteiger partial charge in [-0.3, -0.25) is 4.79 Å². The number of hydrogen-bond acceptors (Lipinski definition) is 3. The molecule has 1 amide bonds. The highest BCUT2D eigenvalue weighted by Crippen LogP contribution is 2.21. The average Bonchev–Trinajstić information content (AvgIpc) is 2.43. The molecule has 2 aromatic rings. The normalized spacial score (nSPS) is 10.2. The molecular weight excluding hydrogens is 257 g/mol. The number of nitrogen functional groups attached to an aromatic ring is 1. The van der Waals surface area contributed by atoms with Crippen molar-refractivity contribution in [3.05, 3.63) is 53.8 Å². The lowest BCUT2D eigenvalue weighted by molar-refractivity contribution is 0.102. The number of amides is 1. The number of carbonyl (C=O) groups excluding carboxylic acids is 1. The number of anilines is 3. The maximum atomic E-state index is 13.2. The first kappa shape index (κ1) is 13.9. The molecule has 0 fully saturated rings. The highest BCUT2D eigenvalue weighted by molar-refractivity contribution is 6.06. The van der Waals surface area contributed by atoms with Gasteiger partial charge in [0, 0.05) is 25.3 Å². The molecule has 2 aromatic carbocycles. The van der Waals surface area contributed by atoms with Gasteiger partial charge in [0.15, 0.2) is 0 Å². The van der Waals surface area contributed by atoms with Crippen LogP contribution in [0.3, 0.4) is 0 Å². The SMILES string of the molecule is CN(C)c1cccc(C(=O)Nc2cc(F)ccc2N)c1. The van der Waals surface area contributed by atoms with E-state index in [1.807, 2.05) is 25.1 Å². The lowest BCUT2D eigenvalue weighted by Crippen LogP contribution is -2.15. The molecular formula is C15H16FN3O. The van der Waals surface area contributed by atoms with E-state index in [2.05, 4.69) is 5.32 Å². The summed E-state index contributed by atoms with van der Waals surface area (Å²) in [5.74, 6) is -0.775. The zero-order valence-electron chi connectivity index (χ0n) is 11.4. The van der Waals surface area contributed by atoms with Crippen molar-refractivity contribution >= 4 is 23.0 Å². The fourth-order valence-corrected chi connectivity index (χ4v) is 1.76. The van der Waals surface area contributed by atoms with E-state index >= 15 is 0 Å². The Balaban J connectivity index is 2.24. The molecule has 5 heteroatoms. The third-order valence-corrected chi connectivity index (χ3v) is 2.89. The monoisotopic (exact) mass is 273 g/mol. The molecule has 3 N–H and O–H groups in total. The molecule has 0 unspecified atom stereocenters. The van der Waals surface area contributed by atoms with Crippen molar-refractivity contribution in [1.29, 1.82) is 0 Å². The zero-order valence-corrected chi connectivity index (χ0v) is 11.4. The lowest BCUT2D eigenvalue weighted by atomic mass is 10.1. The van der Waals surface area contributed by atoms with Gasteiger partial charge in [0.1, 0.15) is 5.82 Å². The van der Waals surface area contributed by atoms with E-state index in [1.54, 1.807) is 18.2 Å². The number of rotatable bonds is 3.